The number of hydrogen-bond donors (Lipinski definition) is 0. The molecule has 0 radical (unpaired) electrons. The second-order valence-corrected chi connectivity index (χ2v) is 7.31. The molecule has 5 rings (SSSR count). The molecule has 2 aliphatic heterocycles. The highest BCUT2D eigenvalue weighted by atomic mass is 16.5. The van der Waals surface area contributed by atoms with Crippen LogP contribution in [0.1, 0.15) is 27.2 Å². The summed E-state index contributed by atoms with van der Waals surface area (Å²) in [6.07, 6.45) is 3.34. The van der Waals surface area contributed by atoms with Crippen LogP contribution in [0.15, 0.2) is 58.9 Å². The largest absolute Gasteiger partial charge is 0.497 e. The Balaban J connectivity index is 1.45. The molecule has 0 atom stereocenters. The van der Waals surface area contributed by atoms with Crippen LogP contribution in [-0.4, -0.2) is 31.6 Å². The number of nitrogens with zero attached hydrogens (tertiary/aromatic N) is 1. The van der Waals surface area contributed by atoms with E-state index >= 15 is 0 Å². The van der Waals surface area contributed by atoms with Crippen LogP contribution < -0.4 is 18.9 Å². The minimum atomic E-state index is -0.168. The van der Waals surface area contributed by atoms with Gasteiger partial charge in [0.05, 0.1) is 38.2 Å². The lowest BCUT2D eigenvalue weighted by Gasteiger charge is -2.29. The molecular formula is C24H21NO6. The molecule has 2 aromatic carbocycles. The predicted molar refractivity (Wildman–Crippen MR) is 112 cm³/mol. The first-order valence-electron chi connectivity index (χ1n) is 9.86. The highest BCUT2D eigenvalue weighted by molar-refractivity contribution is 6.15. The van der Waals surface area contributed by atoms with Crippen LogP contribution in [0.25, 0.3) is 6.08 Å². The standard InChI is InChI=1S/C24H21NO6/c1-27-16-6-5-15(21(11-16)28-2)10-22-23(26)18-7-8-20-19(24(18)31-22)13-25(14-30-20)12-17-4-3-9-29-17/h3-11H,12-14H2,1-2H3/b22-10-. The van der Waals surface area contributed by atoms with Crippen molar-refractivity contribution in [2.24, 2.45) is 0 Å². The molecule has 0 bridgehead atoms. The molecule has 0 aliphatic carbocycles. The van der Waals surface area contributed by atoms with Crippen LogP contribution in [0.4, 0.5) is 0 Å². The third kappa shape index (κ3) is 3.53. The third-order valence-corrected chi connectivity index (χ3v) is 5.37. The van der Waals surface area contributed by atoms with Crippen molar-refractivity contribution in [1.29, 1.82) is 0 Å². The Hall–Kier alpha value is -3.71. The Labute approximate surface area is 179 Å². The first-order chi connectivity index (χ1) is 15.2. The minimum Gasteiger partial charge on any atom is -0.497 e. The topological polar surface area (TPSA) is 70.4 Å². The molecule has 0 amide bonds. The molecule has 0 fully saturated rings. The number of methoxy groups -OCH3 is 2. The van der Waals surface area contributed by atoms with Gasteiger partial charge in [-0.2, -0.15) is 0 Å². The maximum Gasteiger partial charge on any atom is 0.231 e. The summed E-state index contributed by atoms with van der Waals surface area (Å²) in [5, 5.41) is 0. The highest BCUT2D eigenvalue weighted by Gasteiger charge is 2.34. The van der Waals surface area contributed by atoms with Crippen molar-refractivity contribution in [2.45, 2.75) is 13.1 Å². The summed E-state index contributed by atoms with van der Waals surface area (Å²) in [7, 11) is 3.16. The number of ketones is 1. The van der Waals surface area contributed by atoms with Gasteiger partial charge in [-0.25, -0.2) is 0 Å². The van der Waals surface area contributed by atoms with Gasteiger partial charge in [-0.05, 0) is 42.5 Å². The van der Waals surface area contributed by atoms with Crippen LogP contribution in [0.3, 0.4) is 0 Å². The number of hydrogen-bond acceptors (Lipinski definition) is 7. The van der Waals surface area contributed by atoms with E-state index in [1.807, 2.05) is 30.3 Å². The van der Waals surface area contributed by atoms with Crippen LogP contribution in [0.5, 0.6) is 23.0 Å². The molecular weight excluding hydrogens is 398 g/mol. The molecule has 158 valence electrons. The van der Waals surface area contributed by atoms with Crippen molar-refractivity contribution < 1.29 is 28.2 Å². The number of carbonyl (C=O) groups is 1. The number of fused-ring (bicyclic) bond motifs is 3. The fourth-order valence-electron chi connectivity index (χ4n) is 3.81. The van der Waals surface area contributed by atoms with E-state index in [0.29, 0.717) is 42.6 Å². The molecule has 1 aromatic heterocycles. The molecule has 3 aromatic rings. The van der Waals surface area contributed by atoms with Crippen molar-refractivity contribution in [3.63, 3.8) is 0 Å². The van der Waals surface area contributed by atoms with Gasteiger partial charge in [0, 0.05) is 18.2 Å². The number of furan rings is 1. The third-order valence-electron chi connectivity index (χ3n) is 5.37. The van der Waals surface area contributed by atoms with E-state index in [4.69, 9.17) is 23.4 Å². The van der Waals surface area contributed by atoms with Gasteiger partial charge in [-0.15, -0.1) is 0 Å². The van der Waals surface area contributed by atoms with E-state index in [2.05, 4.69) is 4.90 Å². The molecule has 0 saturated carbocycles. The monoisotopic (exact) mass is 419 g/mol. The Morgan fingerprint density at radius 3 is 2.81 bits per heavy atom. The predicted octanol–water partition coefficient (Wildman–Crippen LogP) is 4.27. The average Bonchev–Trinajstić information content (AvgIpc) is 3.42. The molecule has 7 heteroatoms. The minimum absolute atomic E-state index is 0.168. The number of Topliss-reactive ketones (excluding diaryl/α,β-unsaturated/α-hetero) is 1. The van der Waals surface area contributed by atoms with Gasteiger partial charge in [-0.1, -0.05) is 0 Å². The first-order valence-corrected chi connectivity index (χ1v) is 9.86. The Morgan fingerprint density at radius 2 is 2.03 bits per heavy atom. The SMILES string of the molecule is COc1ccc(/C=C2\Oc3c(ccc4c3CN(Cc3ccco3)CO4)C2=O)c(OC)c1. The zero-order chi connectivity index (χ0) is 21.4. The second kappa shape index (κ2) is 7.85. The smallest absolute Gasteiger partial charge is 0.231 e. The molecule has 7 nitrogen and oxygen atoms in total. The van der Waals surface area contributed by atoms with Gasteiger partial charge in [-0.3, -0.25) is 9.69 Å². The van der Waals surface area contributed by atoms with Crippen LogP contribution in [-0.2, 0) is 13.1 Å². The lowest BCUT2D eigenvalue weighted by atomic mass is 10.0. The quantitative estimate of drug-likeness (QED) is 0.572. The second-order valence-electron chi connectivity index (χ2n) is 7.31. The molecule has 2 aliphatic rings. The summed E-state index contributed by atoms with van der Waals surface area (Å²) in [4.78, 5) is 15.1. The highest BCUT2D eigenvalue weighted by Crippen LogP contribution is 2.42. The molecule has 0 N–H and O–H groups in total. The van der Waals surface area contributed by atoms with Crippen molar-refractivity contribution in [3.05, 3.63) is 76.9 Å². The Morgan fingerprint density at radius 1 is 1.13 bits per heavy atom. The van der Waals surface area contributed by atoms with Gasteiger partial charge in [0.15, 0.2) is 5.76 Å². The van der Waals surface area contributed by atoms with Gasteiger partial charge >= 0.3 is 0 Å². The number of benzene rings is 2. The maximum atomic E-state index is 13.0. The fourth-order valence-corrected chi connectivity index (χ4v) is 3.81. The molecule has 0 spiro atoms. The van der Waals surface area contributed by atoms with E-state index in [0.717, 1.165) is 22.6 Å². The van der Waals surface area contributed by atoms with E-state index in [-0.39, 0.29) is 11.5 Å². The van der Waals surface area contributed by atoms with Crippen LogP contribution in [0.2, 0.25) is 0 Å². The Kier molecular flexibility index (Phi) is 4.88. The zero-order valence-electron chi connectivity index (χ0n) is 17.2. The summed E-state index contributed by atoms with van der Waals surface area (Å²) in [6.45, 7) is 1.63. The molecule has 31 heavy (non-hydrogen) atoms. The van der Waals surface area contributed by atoms with Crippen molar-refractivity contribution in [3.8, 4) is 23.0 Å². The van der Waals surface area contributed by atoms with E-state index in [9.17, 15) is 4.79 Å². The Bertz CT molecular complexity index is 1170. The number of allylic oxidation sites excluding steroid dienone is 1. The van der Waals surface area contributed by atoms with Crippen molar-refractivity contribution >= 4 is 11.9 Å². The van der Waals surface area contributed by atoms with Gasteiger partial charge in [0.2, 0.25) is 5.78 Å². The normalized spacial score (nSPS) is 16.5. The average molecular weight is 419 g/mol. The molecule has 0 unspecified atom stereocenters. The summed E-state index contributed by atoms with van der Waals surface area (Å²) < 4.78 is 28.1. The number of carbonyl (C=O) groups excluding carboxylic acids is 1. The van der Waals surface area contributed by atoms with Gasteiger partial charge in [0.1, 0.15) is 35.5 Å². The molecule has 3 heterocycles. The lowest BCUT2D eigenvalue weighted by Crippen LogP contribution is -2.31. The van der Waals surface area contributed by atoms with E-state index < -0.39 is 0 Å². The number of ether oxygens (including phenoxy) is 4. The van der Waals surface area contributed by atoms with Gasteiger partial charge in [0.25, 0.3) is 0 Å². The first kappa shape index (κ1) is 19.3. The maximum absolute atomic E-state index is 13.0. The summed E-state index contributed by atoms with van der Waals surface area (Å²) in [5.74, 6) is 3.46. The van der Waals surface area contributed by atoms with Crippen molar-refractivity contribution in [1.82, 2.24) is 4.90 Å². The van der Waals surface area contributed by atoms with E-state index in [1.165, 1.54) is 0 Å². The van der Waals surface area contributed by atoms with E-state index in [1.54, 1.807) is 38.7 Å². The number of rotatable bonds is 5. The summed E-state index contributed by atoms with van der Waals surface area (Å²) in [6, 6.07) is 12.8. The lowest BCUT2D eigenvalue weighted by molar-refractivity contribution is 0.0810. The van der Waals surface area contributed by atoms with Crippen molar-refractivity contribution in [2.75, 3.05) is 21.0 Å². The molecule has 0 saturated heterocycles. The fraction of sp³-hybridized carbons (Fsp3) is 0.208. The van der Waals surface area contributed by atoms with Crippen LogP contribution >= 0.6 is 0 Å². The zero-order valence-corrected chi connectivity index (χ0v) is 17.2. The van der Waals surface area contributed by atoms with Gasteiger partial charge < -0.3 is 23.4 Å². The summed E-state index contributed by atoms with van der Waals surface area (Å²) in [5.41, 5.74) is 2.11. The summed E-state index contributed by atoms with van der Waals surface area (Å²) >= 11 is 0. The van der Waals surface area contributed by atoms with Crippen LogP contribution in [0, 0.1) is 0 Å².